The molecule has 0 bridgehead atoms. The highest BCUT2D eigenvalue weighted by Gasteiger charge is 2.23. The SMILES string of the molecule is CNc1nccc(N2CCN(CC(C)(C)O)CC2)n1. The second kappa shape index (κ2) is 5.71. The molecule has 1 aromatic heterocycles. The first kappa shape index (κ1) is 14.0. The van der Waals surface area contributed by atoms with E-state index in [0.717, 1.165) is 32.0 Å². The molecular formula is C13H23N5O. The average Bonchev–Trinajstić information content (AvgIpc) is 2.38. The van der Waals surface area contributed by atoms with Crippen LogP contribution in [-0.4, -0.2) is 65.3 Å². The maximum absolute atomic E-state index is 9.84. The Morgan fingerprint density at radius 3 is 2.58 bits per heavy atom. The van der Waals surface area contributed by atoms with Gasteiger partial charge in [-0.05, 0) is 19.9 Å². The van der Waals surface area contributed by atoms with Gasteiger partial charge in [0.1, 0.15) is 5.82 Å². The van der Waals surface area contributed by atoms with E-state index in [9.17, 15) is 5.11 Å². The van der Waals surface area contributed by atoms with Crippen molar-refractivity contribution < 1.29 is 5.11 Å². The van der Waals surface area contributed by atoms with Crippen LogP contribution in [-0.2, 0) is 0 Å². The van der Waals surface area contributed by atoms with Crippen LogP contribution in [0.1, 0.15) is 13.8 Å². The molecule has 2 rings (SSSR count). The summed E-state index contributed by atoms with van der Waals surface area (Å²) >= 11 is 0. The topological polar surface area (TPSA) is 64.5 Å². The van der Waals surface area contributed by atoms with Crippen molar-refractivity contribution in [1.82, 2.24) is 14.9 Å². The molecule has 0 saturated carbocycles. The van der Waals surface area contributed by atoms with Crippen LogP contribution in [0.5, 0.6) is 0 Å². The van der Waals surface area contributed by atoms with Gasteiger partial charge in [-0.15, -0.1) is 0 Å². The van der Waals surface area contributed by atoms with Gasteiger partial charge < -0.3 is 15.3 Å². The van der Waals surface area contributed by atoms with E-state index in [2.05, 4.69) is 25.1 Å². The zero-order valence-electron chi connectivity index (χ0n) is 11.9. The van der Waals surface area contributed by atoms with Gasteiger partial charge in [0.05, 0.1) is 5.60 Å². The van der Waals surface area contributed by atoms with Crippen molar-refractivity contribution in [2.45, 2.75) is 19.4 Å². The molecule has 1 aliphatic heterocycles. The first-order valence-corrected chi connectivity index (χ1v) is 6.68. The van der Waals surface area contributed by atoms with E-state index in [1.165, 1.54) is 0 Å². The lowest BCUT2D eigenvalue weighted by molar-refractivity contribution is 0.0344. The van der Waals surface area contributed by atoms with Crippen LogP contribution in [0.2, 0.25) is 0 Å². The minimum atomic E-state index is -0.629. The van der Waals surface area contributed by atoms with Gasteiger partial charge in [-0.25, -0.2) is 4.98 Å². The zero-order chi connectivity index (χ0) is 13.9. The predicted octanol–water partition coefficient (Wildman–Crippen LogP) is 0.411. The van der Waals surface area contributed by atoms with Crippen LogP contribution < -0.4 is 10.2 Å². The van der Waals surface area contributed by atoms with Crippen molar-refractivity contribution in [2.75, 3.05) is 50.0 Å². The standard InChI is InChI=1S/C13H23N5O/c1-13(2,19)10-17-6-8-18(9-7-17)11-4-5-15-12(14-3)16-11/h4-5,19H,6-10H2,1-3H3,(H,14,15,16). The van der Waals surface area contributed by atoms with Gasteiger partial charge in [0.2, 0.25) is 5.95 Å². The Morgan fingerprint density at radius 2 is 2.00 bits per heavy atom. The number of hydrogen-bond acceptors (Lipinski definition) is 6. The fraction of sp³-hybridized carbons (Fsp3) is 0.692. The zero-order valence-corrected chi connectivity index (χ0v) is 11.9. The van der Waals surface area contributed by atoms with E-state index in [1.807, 2.05) is 27.0 Å². The first-order chi connectivity index (χ1) is 8.98. The van der Waals surface area contributed by atoms with Gasteiger partial charge >= 0.3 is 0 Å². The normalized spacial score (nSPS) is 17.6. The highest BCUT2D eigenvalue weighted by atomic mass is 16.3. The van der Waals surface area contributed by atoms with Gasteiger partial charge in [-0.1, -0.05) is 0 Å². The van der Waals surface area contributed by atoms with Gasteiger partial charge in [0.25, 0.3) is 0 Å². The molecule has 1 saturated heterocycles. The Bertz CT molecular complexity index is 410. The molecule has 1 aliphatic rings. The summed E-state index contributed by atoms with van der Waals surface area (Å²) in [7, 11) is 1.82. The molecule has 1 fully saturated rings. The van der Waals surface area contributed by atoms with E-state index >= 15 is 0 Å². The number of piperazine rings is 1. The predicted molar refractivity (Wildman–Crippen MR) is 76.5 cm³/mol. The number of anilines is 2. The van der Waals surface area contributed by atoms with Crippen LogP contribution >= 0.6 is 0 Å². The van der Waals surface area contributed by atoms with Crippen LogP contribution in [0, 0.1) is 0 Å². The molecule has 0 aliphatic carbocycles. The van der Waals surface area contributed by atoms with Crippen molar-refractivity contribution in [3.63, 3.8) is 0 Å². The van der Waals surface area contributed by atoms with Crippen molar-refractivity contribution in [2.24, 2.45) is 0 Å². The van der Waals surface area contributed by atoms with E-state index in [4.69, 9.17) is 0 Å². The van der Waals surface area contributed by atoms with Gasteiger partial charge in [-0.2, -0.15) is 4.98 Å². The molecule has 0 radical (unpaired) electrons. The maximum atomic E-state index is 9.84. The summed E-state index contributed by atoms with van der Waals surface area (Å²) in [4.78, 5) is 13.1. The van der Waals surface area contributed by atoms with Crippen molar-refractivity contribution >= 4 is 11.8 Å². The summed E-state index contributed by atoms with van der Waals surface area (Å²) in [6.45, 7) is 8.16. The Kier molecular flexibility index (Phi) is 4.21. The van der Waals surface area contributed by atoms with Gasteiger partial charge in [0.15, 0.2) is 0 Å². The number of aliphatic hydroxyl groups is 1. The number of β-amino-alcohol motifs (C(OH)–C–C–N with tert-alkyl or cyclic N) is 1. The molecule has 0 spiro atoms. The molecule has 1 aromatic rings. The lowest BCUT2D eigenvalue weighted by Gasteiger charge is -2.37. The molecule has 0 aromatic carbocycles. The van der Waals surface area contributed by atoms with E-state index < -0.39 is 5.60 Å². The first-order valence-electron chi connectivity index (χ1n) is 6.68. The Hall–Kier alpha value is -1.40. The van der Waals surface area contributed by atoms with E-state index in [0.29, 0.717) is 12.5 Å². The average molecular weight is 265 g/mol. The highest BCUT2D eigenvalue weighted by Crippen LogP contribution is 2.15. The number of rotatable bonds is 4. The second-order valence-electron chi connectivity index (χ2n) is 5.56. The largest absolute Gasteiger partial charge is 0.389 e. The fourth-order valence-corrected chi connectivity index (χ4v) is 2.33. The van der Waals surface area contributed by atoms with Gasteiger partial charge in [-0.3, -0.25) is 4.90 Å². The van der Waals surface area contributed by atoms with Crippen molar-refractivity contribution in [3.05, 3.63) is 12.3 Å². The summed E-state index contributed by atoms with van der Waals surface area (Å²) < 4.78 is 0. The van der Waals surface area contributed by atoms with Crippen LogP contribution in [0.3, 0.4) is 0 Å². The van der Waals surface area contributed by atoms with Crippen molar-refractivity contribution in [1.29, 1.82) is 0 Å². The lowest BCUT2D eigenvalue weighted by Crippen LogP contribution is -2.50. The van der Waals surface area contributed by atoms with E-state index in [-0.39, 0.29) is 0 Å². The molecule has 19 heavy (non-hydrogen) atoms. The number of nitrogens with one attached hydrogen (secondary N) is 1. The Morgan fingerprint density at radius 1 is 1.32 bits per heavy atom. The summed E-state index contributed by atoms with van der Waals surface area (Å²) in [5, 5.41) is 12.8. The molecule has 6 heteroatoms. The fourth-order valence-electron chi connectivity index (χ4n) is 2.33. The maximum Gasteiger partial charge on any atom is 0.224 e. The molecule has 0 amide bonds. The number of nitrogens with zero attached hydrogens (tertiary/aromatic N) is 4. The summed E-state index contributed by atoms with van der Waals surface area (Å²) in [6.07, 6.45) is 1.78. The molecular weight excluding hydrogens is 242 g/mol. The molecule has 0 unspecified atom stereocenters. The number of aromatic nitrogens is 2. The Labute approximate surface area is 114 Å². The number of hydrogen-bond donors (Lipinski definition) is 2. The quantitative estimate of drug-likeness (QED) is 0.822. The summed E-state index contributed by atoms with van der Waals surface area (Å²) in [5.74, 6) is 1.61. The van der Waals surface area contributed by atoms with Gasteiger partial charge in [0, 0.05) is 46.0 Å². The van der Waals surface area contributed by atoms with Crippen LogP contribution in [0.15, 0.2) is 12.3 Å². The third kappa shape index (κ3) is 4.04. The molecule has 2 heterocycles. The third-order valence-electron chi connectivity index (χ3n) is 3.17. The molecule has 106 valence electrons. The monoisotopic (exact) mass is 265 g/mol. The second-order valence-corrected chi connectivity index (χ2v) is 5.56. The molecule has 0 atom stereocenters. The molecule has 6 nitrogen and oxygen atoms in total. The minimum Gasteiger partial charge on any atom is -0.389 e. The summed E-state index contributed by atoms with van der Waals surface area (Å²) in [5.41, 5.74) is -0.629. The Balaban J connectivity index is 1.92. The minimum absolute atomic E-state index is 0.629. The third-order valence-corrected chi connectivity index (χ3v) is 3.17. The van der Waals surface area contributed by atoms with Crippen LogP contribution in [0.25, 0.3) is 0 Å². The van der Waals surface area contributed by atoms with Crippen LogP contribution in [0.4, 0.5) is 11.8 Å². The smallest absolute Gasteiger partial charge is 0.224 e. The highest BCUT2D eigenvalue weighted by molar-refractivity contribution is 5.42. The molecule has 2 N–H and O–H groups in total. The lowest BCUT2D eigenvalue weighted by atomic mass is 10.1. The summed E-state index contributed by atoms with van der Waals surface area (Å²) in [6, 6.07) is 1.94. The van der Waals surface area contributed by atoms with Crippen molar-refractivity contribution in [3.8, 4) is 0 Å². The van der Waals surface area contributed by atoms with E-state index in [1.54, 1.807) is 6.20 Å².